The minimum atomic E-state index is 0.854. The molecule has 1 heterocycles. The number of aryl methyl sites for hydroxylation is 2. The van der Waals surface area contributed by atoms with E-state index in [9.17, 15) is 0 Å². The van der Waals surface area contributed by atoms with Crippen LogP contribution in [0.25, 0.3) is 0 Å². The van der Waals surface area contributed by atoms with Crippen LogP contribution in [-0.4, -0.2) is 35.4 Å². The molecule has 1 aliphatic rings. The van der Waals surface area contributed by atoms with Gasteiger partial charge in [0.25, 0.3) is 0 Å². The smallest absolute Gasteiger partial charge is 0.191 e. The second-order valence-corrected chi connectivity index (χ2v) is 6.61. The normalized spacial score (nSPS) is 16.0. The standard InChI is InChI=1S/C18H33N5/c1-3-19-18(20-12-6-10-16-8-4-5-9-16)21-13-7-11-17-14-22-23(2)15-17/h14-16H,3-13H2,1-2H3,(H2,19,20,21). The van der Waals surface area contributed by atoms with Gasteiger partial charge in [0.1, 0.15) is 0 Å². The lowest BCUT2D eigenvalue weighted by molar-refractivity contribution is 0.481. The van der Waals surface area contributed by atoms with Crippen LogP contribution in [0.15, 0.2) is 17.4 Å². The zero-order valence-corrected chi connectivity index (χ0v) is 14.9. The van der Waals surface area contributed by atoms with Crippen molar-refractivity contribution >= 4 is 5.96 Å². The molecule has 5 nitrogen and oxygen atoms in total. The van der Waals surface area contributed by atoms with Gasteiger partial charge >= 0.3 is 0 Å². The van der Waals surface area contributed by atoms with Gasteiger partial charge in [-0.25, -0.2) is 0 Å². The Morgan fingerprint density at radius 1 is 1.30 bits per heavy atom. The van der Waals surface area contributed by atoms with Crippen molar-refractivity contribution in [2.45, 2.75) is 58.3 Å². The van der Waals surface area contributed by atoms with E-state index in [0.29, 0.717) is 0 Å². The van der Waals surface area contributed by atoms with Crippen molar-refractivity contribution in [3.05, 3.63) is 18.0 Å². The van der Waals surface area contributed by atoms with E-state index < -0.39 is 0 Å². The highest BCUT2D eigenvalue weighted by atomic mass is 15.2. The predicted molar refractivity (Wildman–Crippen MR) is 96.7 cm³/mol. The third kappa shape index (κ3) is 7.06. The molecule has 0 bridgehead atoms. The summed E-state index contributed by atoms with van der Waals surface area (Å²) < 4.78 is 1.86. The van der Waals surface area contributed by atoms with Crippen molar-refractivity contribution in [1.82, 2.24) is 20.4 Å². The third-order valence-electron chi connectivity index (χ3n) is 4.55. The summed E-state index contributed by atoms with van der Waals surface area (Å²) in [6.07, 6.45) is 14.5. The molecule has 0 amide bonds. The molecule has 0 spiro atoms. The summed E-state index contributed by atoms with van der Waals surface area (Å²) in [5.74, 6) is 1.95. The van der Waals surface area contributed by atoms with Gasteiger partial charge in [-0.05, 0) is 44.1 Å². The van der Waals surface area contributed by atoms with Crippen LogP contribution in [-0.2, 0) is 13.5 Å². The molecule has 0 atom stereocenters. The highest BCUT2D eigenvalue weighted by Gasteiger charge is 2.13. The topological polar surface area (TPSA) is 54.2 Å². The lowest BCUT2D eigenvalue weighted by atomic mass is 10.0. The number of nitrogens with zero attached hydrogens (tertiary/aromatic N) is 3. The van der Waals surface area contributed by atoms with Crippen LogP contribution in [0.3, 0.4) is 0 Å². The van der Waals surface area contributed by atoms with Crippen LogP contribution in [0.4, 0.5) is 0 Å². The maximum atomic E-state index is 4.67. The van der Waals surface area contributed by atoms with Gasteiger partial charge in [-0.1, -0.05) is 25.7 Å². The van der Waals surface area contributed by atoms with Crippen LogP contribution in [0.5, 0.6) is 0 Å². The van der Waals surface area contributed by atoms with Crippen LogP contribution in [0.1, 0.15) is 57.4 Å². The van der Waals surface area contributed by atoms with Crippen LogP contribution in [0, 0.1) is 5.92 Å². The molecule has 1 aromatic rings. The van der Waals surface area contributed by atoms with E-state index in [0.717, 1.165) is 44.4 Å². The Bertz CT molecular complexity index is 460. The molecular formula is C18H33N5. The van der Waals surface area contributed by atoms with Crippen molar-refractivity contribution in [3.63, 3.8) is 0 Å². The van der Waals surface area contributed by atoms with E-state index in [2.05, 4.69) is 33.8 Å². The van der Waals surface area contributed by atoms with Crippen molar-refractivity contribution in [2.75, 3.05) is 19.6 Å². The molecule has 0 saturated heterocycles. The van der Waals surface area contributed by atoms with Crippen LogP contribution < -0.4 is 10.6 Å². The molecule has 5 heteroatoms. The number of hydrogen-bond donors (Lipinski definition) is 2. The molecule has 2 N–H and O–H groups in total. The summed E-state index contributed by atoms with van der Waals surface area (Å²) in [6.45, 7) is 4.92. The lowest BCUT2D eigenvalue weighted by Gasteiger charge is -2.13. The van der Waals surface area contributed by atoms with E-state index in [1.54, 1.807) is 0 Å². The molecular weight excluding hydrogens is 286 g/mol. The number of rotatable bonds is 9. The number of aliphatic imine (C=N–C) groups is 1. The molecule has 0 unspecified atom stereocenters. The van der Waals surface area contributed by atoms with Gasteiger partial charge in [0.2, 0.25) is 0 Å². The van der Waals surface area contributed by atoms with E-state index in [1.807, 2.05) is 17.9 Å². The minimum Gasteiger partial charge on any atom is -0.357 e. The fourth-order valence-corrected chi connectivity index (χ4v) is 3.31. The number of nitrogens with one attached hydrogen (secondary N) is 2. The maximum absolute atomic E-state index is 4.67. The average molecular weight is 319 g/mol. The summed E-state index contributed by atoms with van der Waals surface area (Å²) in [4.78, 5) is 4.67. The van der Waals surface area contributed by atoms with Crippen molar-refractivity contribution in [2.24, 2.45) is 18.0 Å². The second-order valence-electron chi connectivity index (χ2n) is 6.61. The summed E-state index contributed by atoms with van der Waals surface area (Å²) in [5.41, 5.74) is 1.29. The van der Waals surface area contributed by atoms with E-state index in [-0.39, 0.29) is 0 Å². The van der Waals surface area contributed by atoms with Gasteiger partial charge in [-0.3, -0.25) is 9.67 Å². The Labute approximate surface area is 141 Å². The number of aromatic nitrogens is 2. The highest BCUT2D eigenvalue weighted by Crippen LogP contribution is 2.28. The Kier molecular flexibility index (Phi) is 7.98. The summed E-state index contributed by atoms with van der Waals surface area (Å²) in [5, 5.41) is 11.0. The summed E-state index contributed by atoms with van der Waals surface area (Å²) in [7, 11) is 1.96. The first-order chi connectivity index (χ1) is 11.3. The molecule has 0 aromatic carbocycles. The molecule has 0 aliphatic heterocycles. The fraction of sp³-hybridized carbons (Fsp3) is 0.778. The minimum absolute atomic E-state index is 0.854. The maximum Gasteiger partial charge on any atom is 0.191 e. The zero-order valence-electron chi connectivity index (χ0n) is 14.9. The predicted octanol–water partition coefficient (Wildman–Crippen LogP) is 2.88. The Morgan fingerprint density at radius 3 is 2.83 bits per heavy atom. The molecule has 2 rings (SSSR count). The first-order valence-corrected chi connectivity index (χ1v) is 9.27. The van der Waals surface area contributed by atoms with Gasteiger partial charge < -0.3 is 10.6 Å². The van der Waals surface area contributed by atoms with Gasteiger partial charge in [0, 0.05) is 32.9 Å². The molecule has 1 aliphatic carbocycles. The van der Waals surface area contributed by atoms with E-state index in [4.69, 9.17) is 0 Å². The Balaban J connectivity index is 1.60. The molecule has 1 aromatic heterocycles. The lowest BCUT2D eigenvalue weighted by Crippen LogP contribution is -2.38. The van der Waals surface area contributed by atoms with E-state index >= 15 is 0 Å². The summed E-state index contributed by atoms with van der Waals surface area (Å²) in [6, 6.07) is 0. The summed E-state index contributed by atoms with van der Waals surface area (Å²) >= 11 is 0. The first kappa shape index (κ1) is 17.8. The highest BCUT2D eigenvalue weighted by molar-refractivity contribution is 5.79. The Hall–Kier alpha value is -1.52. The molecule has 1 fully saturated rings. The Morgan fingerprint density at radius 2 is 2.13 bits per heavy atom. The van der Waals surface area contributed by atoms with Gasteiger partial charge in [0.05, 0.1) is 6.20 Å². The zero-order chi connectivity index (χ0) is 16.3. The van der Waals surface area contributed by atoms with Gasteiger partial charge in [-0.2, -0.15) is 5.10 Å². The molecule has 130 valence electrons. The van der Waals surface area contributed by atoms with Crippen molar-refractivity contribution < 1.29 is 0 Å². The fourth-order valence-electron chi connectivity index (χ4n) is 3.31. The van der Waals surface area contributed by atoms with Crippen molar-refractivity contribution in [3.8, 4) is 0 Å². The number of hydrogen-bond acceptors (Lipinski definition) is 2. The quantitative estimate of drug-likeness (QED) is 0.418. The van der Waals surface area contributed by atoms with Crippen molar-refractivity contribution in [1.29, 1.82) is 0 Å². The SMILES string of the molecule is CCNC(=NCCCc1cnn(C)c1)NCCCC1CCCC1. The van der Waals surface area contributed by atoms with E-state index in [1.165, 1.54) is 44.1 Å². The van der Waals surface area contributed by atoms with Gasteiger partial charge in [-0.15, -0.1) is 0 Å². The average Bonchev–Trinajstić information content (AvgIpc) is 3.19. The number of guanidine groups is 1. The first-order valence-electron chi connectivity index (χ1n) is 9.27. The van der Waals surface area contributed by atoms with Gasteiger partial charge in [0.15, 0.2) is 5.96 Å². The largest absolute Gasteiger partial charge is 0.357 e. The molecule has 23 heavy (non-hydrogen) atoms. The van der Waals surface area contributed by atoms with Crippen LogP contribution >= 0.6 is 0 Å². The second kappa shape index (κ2) is 10.3. The van der Waals surface area contributed by atoms with Crippen LogP contribution in [0.2, 0.25) is 0 Å². The third-order valence-corrected chi connectivity index (χ3v) is 4.55. The monoisotopic (exact) mass is 319 g/mol. The molecule has 1 saturated carbocycles. The molecule has 0 radical (unpaired) electrons.